The fourth-order valence-corrected chi connectivity index (χ4v) is 3.93. The van der Waals surface area contributed by atoms with E-state index in [-0.39, 0.29) is 12.5 Å². The van der Waals surface area contributed by atoms with Crippen molar-refractivity contribution < 1.29 is 9.53 Å². The lowest BCUT2D eigenvalue weighted by atomic mass is 10.1. The number of ether oxygens (including phenoxy) is 1. The maximum atomic E-state index is 10.8. The number of amides is 1. The molecular formula is C17H22ClN3O2S. The van der Waals surface area contributed by atoms with Crippen molar-refractivity contribution in [2.75, 3.05) is 6.61 Å². The summed E-state index contributed by atoms with van der Waals surface area (Å²) in [7, 11) is 0. The van der Waals surface area contributed by atoms with Crippen LogP contribution in [0.15, 0.2) is 34.2 Å². The Labute approximate surface area is 151 Å². The van der Waals surface area contributed by atoms with Crippen LogP contribution in [0.2, 0.25) is 5.02 Å². The molecule has 0 atom stereocenters. The first-order valence-electron chi connectivity index (χ1n) is 7.87. The van der Waals surface area contributed by atoms with Crippen molar-refractivity contribution >= 4 is 29.5 Å². The largest absolute Gasteiger partial charge is 0.449 e. The number of nitrogens with zero attached hydrogens (tertiary/aromatic N) is 2. The first kappa shape index (κ1) is 18.7. The van der Waals surface area contributed by atoms with E-state index in [1.54, 1.807) is 11.8 Å². The predicted octanol–water partition coefficient (Wildman–Crippen LogP) is 4.47. The van der Waals surface area contributed by atoms with Crippen LogP contribution < -0.4 is 5.73 Å². The highest BCUT2D eigenvalue weighted by atomic mass is 35.5. The Morgan fingerprint density at radius 1 is 1.46 bits per heavy atom. The number of carbonyl (C=O) groups is 1. The molecule has 0 spiro atoms. The second-order valence-electron chi connectivity index (χ2n) is 5.59. The Morgan fingerprint density at radius 3 is 2.79 bits per heavy atom. The second kappa shape index (κ2) is 8.44. The number of hydrogen-bond donors (Lipinski definition) is 1. The van der Waals surface area contributed by atoms with Crippen LogP contribution in [0.5, 0.6) is 0 Å². The molecule has 1 aromatic carbocycles. The van der Waals surface area contributed by atoms with Gasteiger partial charge in [0.05, 0.1) is 5.69 Å². The molecule has 7 heteroatoms. The van der Waals surface area contributed by atoms with E-state index in [2.05, 4.69) is 25.3 Å². The molecule has 2 rings (SSSR count). The lowest BCUT2D eigenvalue weighted by Crippen LogP contribution is -2.16. The van der Waals surface area contributed by atoms with Gasteiger partial charge in [-0.15, -0.1) is 0 Å². The molecule has 1 aromatic heterocycles. The van der Waals surface area contributed by atoms with Gasteiger partial charge in [0.25, 0.3) is 0 Å². The maximum Gasteiger partial charge on any atom is 0.404 e. The molecule has 0 radical (unpaired) electrons. The third-order valence-electron chi connectivity index (χ3n) is 3.47. The average molecular weight is 368 g/mol. The Kier molecular flexibility index (Phi) is 6.57. The van der Waals surface area contributed by atoms with E-state index in [1.165, 1.54) is 0 Å². The Hall–Kier alpha value is -1.66. The second-order valence-corrected chi connectivity index (χ2v) is 7.09. The predicted molar refractivity (Wildman–Crippen MR) is 96.8 cm³/mol. The number of nitrogens with two attached hydrogens (primary N) is 1. The van der Waals surface area contributed by atoms with Crippen LogP contribution in [0, 0.1) is 0 Å². The average Bonchev–Trinajstić information content (AvgIpc) is 2.84. The molecule has 0 saturated heterocycles. The van der Waals surface area contributed by atoms with E-state index < -0.39 is 6.09 Å². The van der Waals surface area contributed by atoms with Crippen molar-refractivity contribution in [2.45, 2.75) is 49.6 Å². The van der Waals surface area contributed by atoms with Gasteiger partial charge in [0.15, 0.2) is 0 Å². The number of hydrogen-bond acceptors (Lipinski definition) is 4. The molecule has 1 amide bonds. The molecular weight excluding hydrogens is 346 g/mol. The van der Waals surface area contributed by atoms with Crippen LogP contribution in [0.4, 0.5) is 4.79 Å². The van der Waals surface area contributed by atoms with Crippen LogP contribution in [0.1, 0.15) is 38.2 Å². The van der Waals surface area contributed by atoms with Crippen LogP contribution in [0.3, 0.4) is 0 Å². The van der Waals surface area contributed by atoms with Gasteiger partial charge in [0.1, 0.15) is 17.5 Å². The third-order valence-corrected chi connectivity index (χ3v) is 4.82. The highest BCUT2D eigenvalue weighted by molar-refractivity contribution is 7.99. The highest BCUT2D eigenvalue weighted by Gasteiger charge is 2.19. The van der Waals surface area contributed by atoms with Gasteiger partial charge in [0, 0.05) is 22.9 Å². The van der Waals surface area contributed by atoms with Crippen LogP contribution in [-0.4, -0.2) is 22.3 Å². The van der Waals surface area contributed by atoms with Crippen LogP contribution >= 0.6 is 23.4 Å². The van der Waals surface area contributed by atoms with E-state index in [0.29, 0.717) is 11.4 Å². The van der Waals surface area contributed by atoms with E-state index >= 15 is 0 Å². The van der Waals surface area contributed by atoms with Gasteiger partial charge in [-0.1, -0.05) is 43.3 Å². The number of imidazole rings is 1. The van der Waals surface area contributed by atoms with Crippen molar-refractivity contribution in [1.82, 2.24) is 9.55 Å². The van der Waals surface area contributed by atoms with Gasteiger partial charge in [0.2, 0.25) is 0 Å². The number of halogens is 1. The standard InChI is InChI=1S/C17H22ClN3O2S/c1-4-21-14(8-9-23-17(19)22)20-15(11(2)3)16(21)24-13-7-5-6-12(18)10-13/h5-7,10-11H,4,8-9H2,1-3H3,(H2,19,22). The summed E-state index contributed by atoms with van der Waals surface area (Å²) in [5.74, 6) is 1.18. The number of carbonyl (C=O) groups excluding carboxylic acids is 1. The van der Waals surface area contributed by atoms with Crippen molar-refractivity contribution in [3.8, 4) is 0 Å². The summed E-state index contributed by atoms with van der Waals surface area (Å²) in [5, 5.41) is 1.81. The maximum absolute atomic E-state index is 10.8. The van der Waals surface area contributed by atoms with Crippen molar-refractivity contribution in [3.05, 3.63) is 40.8 Å². The molecule has 2 N–H and O–H groups in total. The number of primary amides is 1. The van der Waals surface area contributed by atoms with Gasteiger partial charge in [-0.3, -0.25) is 0 Å². The number of aromatic nitrogens is 2. The number of rotatable bonds is 7. The lowest BCUT2D eigenvalue weighted by Gasteiger charge is -2.11. The van der Waals surface area contributed by atoms with Crippen molar-refractivity contribution in [3.63, 3.8) is 0 Å². The SMILES string of the molecule is CCn1c(CCOC(N)=O)nc(C(C)C)c1Sc1cccc(Cl)c1. The zero-order valence-electron chi connectivity index (χ0n) is 14.1. The normalized spacial score (nSPS) is 11.0. The van der Waals surface area contributed by atoms with Gasteiger partial charge in [-0.25, -0.2) is 9.78 Å². The van der Waals surface area contributed by atoms with Crippen molar-refractivity contribution in [2.24, 2.45) is 5.73 Å². The molecule has 24 heavy (non-hydrogen) atoms. The lowest BCUT2D eigenvalue weighted by molar-refractivity contribution is 0.157. The molecule has 0 fully saturated rings. The summed E-state index contributed by atoms with van der Waals surface area (Å²) in [6, 6.07) is 7.77. The molecule has 0 bridgehead atoms. The zero-order valence-corrected chi connectivity index (χ0v) is 15.7. The van der Waals surface area contributed by atoms with E-state index in [0.717, 1.165) is 28.0 Å². The Bertz CT molecular complexity index is 716. The fourth-order valence-electron chi connectivity index (χ4n) is 2.39. The minimum atomic E-state index is -0.762. The number of benzene rings is 1. The van der Waals surface area contributed by atoms with E-state index in [9.17, 15) is 4.79 Å². The topological polar surface area (TPSA) is 70.1 Å². The molecule has 0 aliphatic rings. The van der Waals surface area contributed by atoms with Gasteiger partial charge < -0.3 is 15.0 Å². The summed E-state index contributed by atoms with van der Waals surface area (Å²) in [6.07, 6.45) is -0.228. The first-order valence-corrected chi connectivity index (χ1v) is 9.06. The summed E-state index contributed by atoms with van der Waals surface area (Å²) < 4.78 is 7.01. The Balaban J connectivity index is 2.33. The smallest absolute Gasteiger partial charge is 0.404 e. The molecule has 130 valence electrons. The Morgan fingerprint density at radius 2 is 2.21 bits per heavy atom. The van der Waals surface area contributed by atoms with Gasteiger partial charge >= 0.3 is 6.09 Å². The quantitative estimate of drug-likeness (QED) is 0.783. The molecule has 5 nitrogen and oxygen atoms in total. The molecule has 0 saturated carbocycles. The summed E-state index contributed by atoms with van der Waals surface area (Å²) >= 11 is 7.75. The van der Waals surface area contributed by atoms with Gasteiger partial charge in [-0.2, -0.15) is 0 Å². The molecule has 2 aromatic rings. The van der Waals surface area contributed by atoms with E-state index in [1.807, 2.05) is 24.3 Å². The summed E-state index contributed by atoms with van der Waals surface area (Å²) in [5.41, 5.74) is 6.06. The first-order chi connectivity index (χ1) is 11.4. The molecule has 0 aliphatic heterocycles. The van der Waals surface area contributed by atoms with Crippen LogP contribution in [0.25, 0.3) is 0 Å². The van der Waals surface area contributed by atoms with Gasteiger partial charge in [-0.05, 0) is 31.0 Å². The minimum Gasteiger partial charge on any atom is -0.449 e. The third kappa shape index (κ3) is 4.68. The fraction of sp³-hybridized carbons (Fsp3) is 0.412. The molecule has 0 aliphatic carbocycles. The molecule has 0 unspecified atom stereocenters. The summed E-state index contributed by atoms with van der Waals surface area (Å²) in [6.45, 7) is 7.33. The summed E-state index contributed by atoms with van der Waals surface area (Å²) in [4.78, 5) is 16.6. The van der Waals surface area contributed by atoms with E-state index in [4.69, 9.17) is 27.1 Å². The van der Waals surface area contributed by atoms with Crippen molar-refractivity contribution in [1.29, 1.82) is 0 Å². The highest BCUT2D eigenvalue weighted by Crippen LogP contribution is 2.35. The minimum absolute atomic E-state index is 0.227. The van der Waals surface area contributed by atoms with Crippen LogP contribution in [-0.2, 0) is 17.7 Å². The zero-order chi connectivity index (χ0) is 17.7. The monoisotopic (exact) mass is 367 g/mol. The molecule has 1 heterocycles.